The Kier molecular flexibility index (Phi) is 5.63. The number of furan rings is 1. The SMILES string of the molecule is c1ccc(-c2nc(-n3c4c(-c5ccc6oc7ccccc7c6c5)cccc4c4c5ccccc5c5ccccc5c43)nc3ccccc23)cc1. The Bertz CT molecular complexity index is 3150. The third-order valence-electron chi connectivity index (χ3n) is 10.2. The van der Waals surface area contributed by atoms with Crippen molar-refractivity contribution in [2.24, 2.45) is 0 Å². The van der Waals surface area contributed by atoms with Gasteiger partial charge in [0.05, 0.1) is 22.2 Å². The second-order valence-electron chi connectivity index (χ2n) is 12.9. The molecule has 0 atom stereocenters. The molecule has 0 saturated carbocycles. The van der Waals surface area contributed by atoms with Gasteiger partial charge in [-0.3, -0.25) is 4.57 Å². The van der Waals surface area contributed by atoms with Crippen LogP contribution in [-0.4, -0.2) is 14.5 Å². The van der Waals surface area contributed by atoms with E-state index in [1.54, 1.807) is 0 Å². The average molecular weight is 638 g/mol. The van der Waals surface area contributed by atoms with Crippen LogP contribution >= 0.6 is 0 Å². The van der Waals surface area contributed by atoms with E-state index < -0.39 is 0 Å². The fourth-order valence-corrected chi connectivity index (χ4v) is 8.03. The summed E-state index contributed by atoms with van der Waals surface area (Å²) in [6.45, 7) is 0. The van der Waals surface area contributed by atoms with Crippen molar-refractivity contribution in [3.05, 3.63) is 164 Å². The number of nitrogens with zero attached hydrogens (tertiary/aromatic N) is 3. The predicted octanol–water partition coefficient (Wildman–Crippen LogP) is 12.3. The second-order valence-corrected chi connectivity index (χ2v) is 12.9. The highest BCUT2D eigenvalue weighted by Gasteiger charge is 2.24. The van der Waals surface area contributed by atoms with E-state index in [0.29, 0.717) is 5.95 Å². The Hall–Kier alpha value is -6.78. The van der Waals surface area contributed by atoms with Crippen molar-refractivity contribution in [2.45, 2.75) is 0 Å². The van der Waals surface area contributed by atoms with Crippen LogP contribution < -0.4 is 0 Å². The molecule has 0 aliphatic carbocycles. The van der Waals surface area contributed by atoms with Crippen molar-refractivity contribution in [1.29, 1.82) is 0 Å². The van der Waals surface area contributed by atoms with E-state index in [2.05, 4.69) is 150 Å². The summed E-state index contributed by atoms with van der Waals surface area (Å²) in [7, 11) is 0. The number of rotatable bonds is 3. The number of para-hydroxylation sites is 3. The predicted molar refractivity (Wildman–Crippen MR) is 207 cm³/mol. The third kappa shape index (κ3) is 3.81. The number of aromatic nitrogens is 3. The molecule has 11 rings (SSSR count). The summed E-state index contributed by atoms with van der Waals surface area (Å²) < 4.78 is 8.56. The Labute approximate surface area is 286 Å². The number of hydrogen-bond acceptors (Lipinski definition) is 3. The first-order chi connectivity index (χ1) is 24.8. The van der Waals surface area contributed by atoms with Crippen molar-refractivity contribution in [3.8, 4) is 28.3 Å². The largest absolute Gasteiger partial charge is 0.456 e. The van der Waals surface area contributed by atoms with Crippen LogP contribution in [0.25, 0.3) is 105 Å². The molecule has 0 radical (unpaired) electrons. The summed E-state index contributed by atoms with van der Waals surface area (Å²) in [4.78, 5) is 10.8. The smallest absolute Gasteiger partial charge is 0.235 e. The molecule has 0 fully saturated rings. The highest BCUT2D eigenvalue weighted by atomic mass is 16.3. The molecule has 232 valence electrons. The van der Waals surface area contributed by atoms with E-state index in [9.17, 15) is 0 Å². The van der Waals surface area contributed by atoms with Crippen molar-refractivity contribution >= 4 is 76.2 Å². The molecule has 0 N–H and O–H groups in total. The van der Waals surface area contributed by atoms with Gasteiger partial charge in [0, 0.05) is 43.4 Å². The van der Waals surface area contributed by atoms with Gasteiger partial charge >= 0.3 is 0 Å². The van der Waals surface area contributed by atoms with Crippen molar-refractivity contribution < 1.29 is 4.42 Å². The Morgan fingerprint density at radius 3 is 1.88 bits per heavy atom. The molecule has 0 bridgehead atoms. The fraction of sp³-hybridized carbons (Fsp3) is 0. The van der Waals surface area contributed by atoms with Gasteiger partial charge in [-0.25, -0.2) is 9.97 Å². The lowest BCUT2D eigenvalue weighted by Crippen LogP contribution is -2.04. The highest BCUT2D eigenvalue weighted by molar-refractivity contribution is 6.33. The van der Waals surface area contributed by atoms with Crippen LogP contribution in [0.4, 0.5) is 0 Å². The molecule has 11 aromatic rings. The first kappa shape index (κ1) is 27.2. The van der Waals surface area contributed by atoms with Crippen molar-refractivity contribution in [1.82, 2.24) is 14.5 Å². The maximum absolute atomic E-state index is 6.24. The zero-order chi connectivity index (χ0) is 32.8. The molecule has 0 aliphatic rings. The van der Waals surface area contributed by atoms with Gasteiger partial charge in [0.1, 0.15) is 11.2 Å². The summed E-state index contributed by atoms with van der Waals surface area (Å²) in [6.07, 6.45) is 0. The van der Waals surface area contributed by atoms with Gasteiger partial charge in [-0.05, 0) is 46.0 Å². The maximum atomic E-state index is 6.24. The lowest BCUT2D eigenvalue weighted by Gasteiger charge is -2.15. The summed E-state index contributed by atoms with van der Waals surface area (Å²) >= 11 is 0. The number of benzene rings is 8. The molecule has 0 aliphatic heterocycles. The van der Waals surface area contributed by atoms with E-state index >= 15 is 0 Å². The van der Waals surface area contributed by atoms with Crippen LogP contribution in [0.1, 0.15) is 0 Å². The van der Waals surface area contributed by atoms with E-state index in [1.807, 2.05) is 18.2 Å². The van der Waals surface area contributed by atoms with E-state index in [4.69, 9.17) is 14.4 Å². The zero-order valence-corrected chi connectivity index (χ0v) is 26.8. The molecule has 50 heavy (non-hydrogen) atoms. The minimum atomic E-state index is 0.644. The van der Waals surface area contributed by atoms with E-state index in [0.717, 1.165) is 77.0 Å². The molecule has 4 nitrogen and oxygen atoms in total. The zero-order valence-electron chi connectivity index (χ0n) is 26.8. The van der Waals surface area contributed by atoms with Gasteiger partial charge in [0.2, 0.25) is 5.95 Å². The molecular weight excluding hydrogens is 611 g/mol. The first-order valence-electron chi connectivity index (χ1n) is 16.9. The number of hydrogen-bond donors (Lipinski definition) is 0. The normalized spacial score (nSPS) is 12.0. The highest BCUT2D eigenvalue weighted by Crippen LogP contribution is 2.45. The van der Waals surface area contributed by atoms with Crippen molar-refractivity contribution in [2.75, 3.05) is 0 Å². The molecule has 0 unspecified atom stereocenters. The van der Waals surface area contributed by atoms with E-state index in [-0.39, 0.29) is 0 Å². The average Bonchev–Trinajstić information content (AvgIpc) is 3.74. The summed E-state index contributed by atoms with van der Waals surface area (Å²) in [6, 6.07) is 57.7. The topological polar surface area (TPSA) is 43.9 Å². The van der Waals surface area contributed by atoms with Crippen LogP contribution in [-0.2, 0) is 0 Å². The molecule has 3 aromatic heterocycles. The van der Waals surface area contributed by atoms with Crippen LogP contribution in [0.3, 0.4) is 0 Å². The van der Waals surface area contributed by atoms with Gasteiger partial charge in [-0.15, -0.1) is 0 Å². The lowest BCUT2D eigenvalue weighted by molar-refractivity contribution is 0.669. The Balaban J connectivity index is 1.35. The molecular formula is C46H27N3O. The summed E-state index contributed by atoms with van der Waals surface area (Å²) in [5.41, 5.74) is 9.04. The standard InChI is InChI=1S/C46H27N3O/c1-2-13-28(14-3-1)43-36-20-8-10-23-39(36)47-46(48-43)49-44-30(29-25-26-41-38(27-29)33-17-9-11-24-40(33)50-41)21-12-22-37(44)42-34-18-6-4-15-31(34)32-16-5-7-19-35(32)45(42)49/h1-27H. The van der Waals surface area contributed by atoms with Crippen LogP contribution in [0.15, 0.2) is 168 Å². The van der Waals surface area contributed by atoms with Crippen molar-refractivity contribution in [3.63, 3.8) is 0 Å². The Morgan fingerprint density at radius 2 is 1.04 bits per heavy atom. The second kappa shape index (κ2) is 10.4. The Morgan fingerprint density at radius 1 is 0.400 bits per heavy atom. The van der Waals surface area contributed by atoms with E-state index in [1.165, 1.54) is 21.5 Å². The first-order valence-corrected chi connectivity index (χ1v) is 16.9. The molecule has 3 heterocycles. The quantitative estimate of drug-likeness (QED) is 0.181. The van der Waals surface area contributed by atoms with Gasteiger partial charge < -0.3 is 4.42 Å². The molecule has 4 heteroatoms. The monoisotopic (exact) mass is 637 g/mol. The van der Waals surface area contributed by atoms with Crippen LogP contribution in [0, 0.1) is 0 Å². The molecule has 0 amide bonds. The van der Waals surface area contributed by atoms with Crippen LogP contribution in [0.2, 0.25) is 0 Å². The van der Waals surface area contributed by atoms with Gasteiger partial charge in [0.25, 0.3) is 0 Å². The van der Waals surface area contributed by atoms with Gasteiger partial charge in [0.15, 0.2) is 0 Å². The molecule has 0 saturated heterocycles. The van der Waals surface area contributed by atoms with Crippen LogP contribution in [0.5, 0.6) is 0 Å². The molecule has 8 aromatic carbocycles. The summed E-state index contributed by atoms with van der Waals surface area (Å²) in [5.74, 6) is 0.644. The minimum Gasteiger partial charge on any atom is -0.456 e. The molecule has 0 spiro atoms. The summed E-state index contributed by atoms with van der Waals surface area (Å²) in [5, 5.41) is 10.4. The maximum Gasteiger partial charge on any atom is 0.235 e. The third-order valence-corrected chi connectivity index (χ3v) is 10.2. The fourth-order valence-electron chi connectivity index (χ4n) is 8.03. The van der Waals surface area contributed by atoms with Gasteiger partial charge in [-0.1, -0.05) is 140 Å². The van der Waals surface area contributed by atoms with Gasteiger partial charge in [-0.2, -0.15) is 0 Å². The lowest BCUT2D eigenvalue weighted by atomic mass is 9.95. The minimum absolute atomic E-state index is 0.644. The number of fused-ring (bicyclic) bond motifs is 12.